The van der Waals surface area contributed by atoms with Crippen LogP contribution in [0.5, 0.6) is 0 Å². The first-order valence-electron chi connectivity index (χ1n) is 6.44. The summed E-state index contributed by atoms with van der Waals surface area (Å²) in [4.78, 5) is 11.3. The second-order valence-corrected chi connectivity index (χ2v) is 4.47. The number of unbranched alkanes of at least 4 members (excludes halogenated alkanes) is 3. The van der Waals surface area contributed by atoms with Crippen LogP contribution in [0.25, 0.3) is 0 Å². The monoisotopic (exact) mass is 228 g/mol. The summed E-state index contributed by atoms with van der Waals surface area (Å²) in [7, 11) is 0. The molecule has 1 aliphatic carbocycles. The summed E-state index contributed by atoms with van der Waals surface area (Å²) in [5.41, 5.74) is 0. The molecule has 94 valence electrons. The summed E-state index contributed by atoms with van der Waals surface area (Å²) < 4.78 is 0. The van der Waals surface area contributed by atoms with E-state index in [9.17, 15) is 4.79 Å². The lowest BCUT2D eigenvalue weighted by Crippen LogP contribution is -2.29. The Bertz CT molecular complexity index is 193. The van der Waals surface area contributed by atoms with Gasteiger partial charge < -0.3 is 15.7 Å². The molecular formula is C12H24N2O2. The molecule has 0 bridgehead atoms. The SMILES string of the molecule is O=C(CCNC1CC1)NCCCCCCO. The first kappa shape index (κ1) is 13.5. The summed E-state index contributed by atoms with van der Waals surface area (Å²) in [5.74, 6) is 0.148. The first-order valence-corrected chi connectivity index (χ1v) is 6.44. The highest BCUT2D eigenvalue weighted by Crippen LogP contribution is 2.18. The molecule has 0 spiro atoms. The van der Waals surface area contributed by atoms with E-state index in [-0.39, 0.29) is 12.5 Å². The molecule has 1 saturated carbocycles. The average Bonchev–Trinajstić information content (AvgIpc) is 3.07. The van der Waals surface area contributed by atoms with Crippen LogP contribution in [0.2, 0.25) is 0 Å². The number of carbonyl (C=O) groups is 1. The van der Waals surface area contributed by atoms with Gasteiger partial charge in [0.1, 0.15) is 0 Å². The van der Waals surface area contributed by atoms with Crippen molar-refractivity contribution >= 4 is 5.91 Å². The second kappa shape index (κ2) is 8.53. The minimum absolute atomic E-state index is 0.148. The molecule has 0 aromatic carbocycles. The maximum atomic E-state index is 11.3. The fourth-order valence-corrected chi connectivity index (χ4v) is 1.58. The molecule has 0 aromatic heterocycles. The lowest BCUT2D eigenvalue weighted by atomic mass is 10.2. The van der Waals surface area contributed by atoms with E-state index in [2.05, 4.69) is 10.6 Å². The third-order valence-corrected chi connectivity index (χ3v) is 2.77. The maximum Gasteiger partial charge on any atom is 0.221 e. The van der Waals surface area contributed by atoms with Gasteiger partial charge in [-0.05, 0) is 25.7 Å². The Hall–Kier alpha value is -0.610. The van der Waals surface area contributed by atoms with Crippen molar-refractivity contribution in [3.05, 3.63) is 0 Å². The van der Waals surface area contributed by atoms with Gasteiger partial charge in [-0.2, -0.15) is 0 Å². The van der Waals surface area contributed by atoms with Crippen LogP contribution in [0.3, 0.4) is 0 Å². The van der Waals surface area contributed by atoms with Gasteiger partial charge in [0.15, 0.2) is 0 Å². The first-order chi connectivity index (χ1) is 7.83. The van der Waals surface area contributed by atoms with Gasteiger partial charge in [-0.25, -0.2) is 0 Å². The van der Waals surface area contributed by atoms with E-state index in [0.717, 1.165) is 38.8 Å². The van der Waals surface area contributed by atoms with Crippen LogP contribution in [0, 0.1) is 0 Å². The minimum atomic E-state index is 0.148. The molecule has 0 unspecified atom stereocenters. The van der Waals surface area contributed by atoms with E-state index in [4.69, 9.17) is 5.11 Å². The molecule has 0 aromatic rings. The molecule has 0 heterocycles. The zero-order valence-electron chi connectivity index (χ0n) is 10.0. The highest BCUT2D eigenvalue weighted by Gasteiger charge is 2.19. The Labute approximate surface area is 97.8 Å². The lowest BCUT2D eigenvalue weighted by molar-refractivity contribution is -0.121. The van der Waals surface area contributed by atoms with Crippen molar-refractivity contribution in [2.75, 3.05) is 19.7 Å². The standard InChI is InChI=1S/C12H24N2O2/c15-10-4-2-1-3-8-14-12(16)7-9-13-11-5-6-11/h11,13,15H,1-10H2,(H,14,16). The number of hydrogen-bond acceptors (Lipinski definition) is 3. The van der Waals surface area contributed by atoms with Crippen LogP contribution in [0.4, 0.5) is 0 Å². The Balaban J connectivity index is 1.78. The topological polar surface area (TPSA) is 61.4 Å². The summed E-state index contributed by atoms with van der Waals surface area (Å²) in [6, 6.07) is 0.686. The molecule has 0 aliphatic heterocycles. The van der Waals surface area contributed by atoms with Gasteiger partial charge >= 0.3 is 0 Å². The zero-order valence-corrected chi connectivity index (χ0v) is 10.0. The molecule has 16 heavy (non-hydrogen) atoms. The molecule has 0 atom stereocenters. The number of carbonyl (C=O) groups excluding carboxylic acids is 1. The van der Waals surface area contributed by atoms with Gasteiger partial charge in [-0.15, -0.1) is 0 Å². The van der Waals surface area contributed by atoms with E-state index in [1.807, 2.05) is 0 Å². The molecule has 4 heteroatoms. The van der Waals surface area contributed by atoms with E-state index < -0.39 is 0 Å². The smallest absolute Gasteiger partial charge is 0.221 e. The van der Waals surface area contributed by atoms with Gasteiger partial charge in [0.05, 0.1) is 0 Å². The van der Waals surface area contributed by atoms with E-state index in [1.54, 1.807) is 0 Å². The van der Waals surface area contributed by atoms with E-state index in [0.29, 0.717) is 12.5 Å². The average molecular weight is 228 g/mol. The highest BCUT2D eigenvalue weighted by atomic mass is 16.2. The van der Waals surface area contributed by atoms with Crippen LogP contribution in [-0.4, -0.2) is 36.8 Å². The van der Waals surface area contributed by atoms with Gasteiger partial charge in [0, 0.05) is 32.2 Å². The van der Waals surface area contributed by atoms with Crippen molar-refractivity contribution in [2.45, 2.75) is 51.0 Å². The lowest BCUT2D eigenvalue weighted by Gasteiger charge is -2.05. The predicted molar refractivity (Wildman–Crippen MR) is 64.2 cm³/mol. The van der Waals surface area contributed by atoms with Gasteiger partial charge in [0.25, 0.3) is 0 Å². The third kappa shape index (κ3) is 7.65. The van der Waals surface area contributed by atoms with Crippen molar-refractivity contribution in [3.8, 4) is 0 Å². The molecule has 0 radical (unpaired) electrons. The summed E-state index contributed by atoms with van der Waals surface area (Å²) in [6.07, 6.45) is 7.16. The summed E-state index contributed by atoms with van der Waals surface area (Å²) in [6.45, 7) is 1.86. The Morgan fingerprint density at radius 1 is 1.12 bits per heavy atom. The van der Waals surface area contributed by atoms with Crippen molar-refractivity contribution in [1.29, 1.82) is 0 Å². The molecule has 1 amide bonds. The maximum absolute atomic E-state index is 11.3. The number of nitrogens with one attached hydrogen (secondary N) is 2. The third-order valence-electron chi connectivity index (χ3n) is 2.77. The Morgan fingerprint density at radius 2 is 1.88 bits per heavy atom. The van der Waals surface area contributed by atoms with Crippen molar-refractivity contribution in [1.82, 2.24) is 10.6 Å². The molecule has 1 fully saturated rings. The van der Waals surface area contributed by atoms with Crippen molar-refractivity contribution in [2.24, 2.45) is 0 Å². The highest BCUT2D eigenvalue weighted by molar-refractivity contribution is 5.75. The van der Waals surface area contributed by atoms with Crippen LogP contribution in [0.15, 0.2) is 0 Å². The van der Waals surface area contributed by atoms with Gasteiger partial charge in [-0.3, -0.25) is 4.79 Å². The predicted octanol–water partition coefficient (Wildman–Crippen LogP) is 0.797. The fourth-order valence-electron chi connectivity index (χ4n) is 1.58. The van der Waals surface area contributed by atoms with Gasteiger partial charge in [-0.1, -0.05) is 12.8 Å². The molecule has 0 saturated heterocycles. The van der Waals surface area contributed by atoms with E-state index >= 15 is 0 Å². The minimum Gasteiger partial charge on any atom is -0.396 e. The number of aliphatic hydroxyl groups is 1. The summed E-state index contributed by atoms with van der Waals surface area (Å²) in [5, 5.41) is 14.8. The molecular weight excluding hydrogens is 204 g/mol. The number of amides is 1. The number of aliphatic hydroxyl groups excluding tert-OH is 1. The fraction of sp³-hybridized carbons (Fsp3) is 0.917. The Morgan fingerprint density at radius 3 is 2.56 bits per heavy atom. The quantitative estimate of drug-likeness (QED) is 0.485. The van der Waals surface area contributed by atoms with Crippen LogP contribution < -0.4 is 10.6 Å². The number of hydrogen-bond donors (Lipinski definition) is 3. The number of rotatable bonds is 10. The summed E-state index contributed by atoms with van der Waals surface area (Å²) >= 11 is 0. The second-order valence-electron chi connectivity index (χ2n) is 4.47. The molecule has 1 aliphatic rings. The van der Waals surface area contributed by atoms with Crippen LogP contribution >= 0.6 is 0 Å². The van der Waals surface area contributed by atoms with Gasteiger partial charge in [0.2, 0.25) is 5.91 Å². The molecule has 4 nitrogen and oxygen atoms in total. The van der Waals surface area contributed by atoms with Crippen LogP contribution in [-0.2, 0) is 4.79 Å². The zero-order chi connectivity index (χ0) is 11.6. The van der Waals surface area contributed by atoms with E-state index in [1.165, 1.54) is 12.8 Å². The molecule has 1 rings (SSSR count). The molecule has 3 N–H and O–H groups in total. The Kier molecular flexibility index (Phi) is 7.17. The largest absolute Gasteiger partial charge is 0.396 e. The van der Waals surface area contributed by atoms with Crippen molar-refractivity contribution < 1.29 is 9.90 Å². The van der Waals surface area contributed by atoms with Crippen molar-refractivity contribution in [3.63, 3.8) is 0 Å². The van der Waals surface area contributed by atoms with Crippen LogP contribution in [0.1, 0.15) is 44.9 Å². The normalized spacial score (nSPS) is 15.1.